The van der Waals surface area contributed by atoms with Gasteiger partial charge in [0.05, 0.1) is 6.54 Å². The fourth-order valence-electron chi connectivity index (χ4n) is 3.38. The van der Waals surface area contributed by atoms with E-state index in [-0.39, 0.29) is 23.6 Å². The number of nitrogens with zero attached hydrogens (tertiary/aromatic N) is 3. The van der Waals surface area contributed by atoms with E-state index in [0.29, 0.717) is 39.3 Å². The van der Waals surface area contributed by atoms with Crippen LogP contribution in [0.4, 0.5) is 10.5 Å². The molecular weight excluding hydrogens is 364 g/mol. The Morgan fingerprint density at radius 1 is 1.04 bits per heavy atom. The average Bonchev–Trinajstić information content (AvgIpc) is 3.03. The summed E-state index contributed by atoms with van der Waals surface area (Å²) < 4.78 is 0. The largest absolute Gasteiger partial charge is 0.339 e. The number of nitrogens with one attached hydrogen (secondary N) is 1. The topological polar surface area (TPSA) is 73.0 Å². The zero-order valence-electron chi connectivity index (χ0n) is 15.9. The Balaban J connectivity index is 1.44. The highest BCUT2D eigenvalue weighted by atomic mass is 32.2. The van der Waals surface area contributed by atoms with Gasteiger partial charge < -0.3 is 15.1 Å². The van der Waals surface area contributed by atoms with E-state index in [1.165, 1.54) is 11.8 Å². The van der Waals surface area contributed by atoms with Gasteiger partial charge in [0.15, 0.2) is 0 Å². The van der Waals surface area contributed by atoms with Gasteiger partial charge in [0.1, 0.15) is 6.54 Å². The predicted molar refractivity (Wildman–Crippen MR) is 107 cm³/mol. The summed E-state index contributed by atoms with van der Waals surface area (Å²) >= 11 is 1.27. The molecule has 27 heavy (non-hydrogen) atoms. The number of thioether (sulfide) groups is 1. The van der Waals surface area contributed by atoms with Gasteiger partial charge in [-0.2, -0.15) is 0 Å². The van der Waals surface area contributed by atoms with Crippen molar-refractivity contribution in [3.05, 3.63) is 29.3 Å². The van der Waals surface area contributed by atoms with Gasteiger partial charge in [-0.3, -0.25) is 19.3 Å². The maximum atomic E-state index is 12.4. The number of para-hydroxylation sites is 1. The van der Waals surface area contributed by atoms with Crippen molar-refractivity contribution in [1.29, 1.82) is 0 Å². The van der Waals surface area contributed by atoms with Crippen LogP contribution in [0.25, 0.3) is 0 Å². The van der Waals surface area contributed by atoms with Gasteiger partial charge in [-0.25, -0.2) is 0 Å². The van der Waals surface area contributed by atoms with E-state index in [9.17, 15) is 14.4 Å². The van der Waals surface area contributed by atoms with E-state index >= 15 is 0 Å². The van der Waals surface area contributed by atoms with E-state index in [1.807, 2.05) is 32.0 Å². The molecule has 146 valence electrons. The first-order chi connectivity index (χ1) is 12.9. The van der Waals surface area contributed by atoms with Crippen molar-refractivity contribution in [2.75, 3.05) is 56.9 Å². The number of hydrogen-bond donors (Lipinski definition) is 1. The molecule has 2 saturated heterocycles. The lowest BCUT2D eigenvalue weighted by molar-refractivity contribution is -0.133. The molecule has 0 saturated carbocycles. The smallest absolute Gasteiger partial charge is 0.282 e. The molecule has 0 spiro atoms. The van der Waals surface area contributed by atoms with Gasteiger partial charge in [-0.1, -0.05) is 30.0 Å². The van der Waals surface area contributed by atoms with E-state index in [1.54, 1.807) is 9.80 Å². The van der Waals surface area contributed by atoms with Gasteiger partial charge in [0.2, 0.25) is 11.8 Å². The lowest BCUT2D eigenvalue weighted by Gasteiger charge is -2.35. The summed E-state index contributed by atoms with van der Waals surface area (Å²) in [6.07, 6.45) is 0. The van der Waals surface area contributed by atoms with Gasteiger partial charge in [0.25, 0.3) is 5.24 Å². The summed E-state index contributed by atoms with van der Waals surface area (Å²) in [5.74, 6) is 0.715. The molecule has 3 rings (SSSR count). The van der Waals surface area contributed by atoms with Crippen molar-refractivity contribution in [3.8, 4) is 0 Å². The Labute approximate surface area is 164 Å². The van der Waals surface area contributed by atoms with Crippen LogP contribution in [0.3, 0.4) is 0 Å². The van der Waals surface area contributed by atoms with E-state index in [4.69, 9.17) is 0 Å². The van der Waals surface area contributed by atoms with Crippen LogP contribution in [0.5, 0.6) is 0 Å². The number of carbonyl (C=O) groups is 3. The third kappa shape index (κ3) is 5.01. The SMILES string of the molecule is Cc1cccc(C)c1NC(=O)CN1CCN(C(=O)CN2CCSC2=O)CC1. The summed E-state index contributed by atoms with van der Waals surface area (Å²) in [7, 11) is 0. The predicted octanol–water partition coefficient (Wildman–Crippen LogP) is 1.55. The number of amides is 3. The van der Waals surface area contributed by atoms with Crippen molar-refractivity contribution in [1.82, 2.24) is 14.7 Å². The van der Waals surface area contributed by atoms with Crippen molar-refractivity contribution in [2.45, 2.75) is 13.8 Å². The number of aryl methyl sites for hydroxylation is 2. The summed E-state index contributed by atoms with van der Waals surface area (Å²) in [6, 6.07) is 5.94. The highest BCUT2D eigenvalue weighted by Gasteiger charge is 2.28. The molecule has 0 bridgehead atoms. The first-order valence-electron chi connectivity index (χ1n) is 9.22. The second-order valence-corrected chi connectivity index (χ2v) is 8.05. The number of piperazine rings is 1. The molecule has 1 N–H and O–H groups in total. The fourth-order valence-corrected chi connectivity index (χ4v) is 4.21. The Hall–Kier alpha value is -2.06. The highest BCUT2D eigenvalue weighted by Crippen LogP contribution is 2.19. The van der Waals surface area contributed by atoms with Crippen LogP contribution in [0.1, 0.15) is 11.1 Å². The van der Waals surface area contributed by atoms with Gasteiger partial charge in [0, 0.05) is 44.2 Å². The molecule has 1 aromatic carbocycles. The highest BCUT2D eigenvalue weighted by molar-refractivity contribution is 8.13. The zero-order valence-corrected chi connectivity index (χ0v) is 16.7. The Bertz CT molecular complexity index is 711. The van der Waals surface area contributed by atoms with Crippen LogP contribution in [0, 0.1) is 13.8 Å². The molecule has 0 radical (unpaired) electrons. The number of rotatable bonds is 5. The monoisotopic (exact) mass is 390 g/mol. The summed E-state index contributed by atoms with van der Waals surface area (Å²) in [5, 5.41) is 3.00. The molecule has 7 nitrogen and oxygen atoms in total. The van der Waals surface area contributed by atoms with Crippen LogP contribution in [0.15, 0.2) is 18.2 Å². The van der Waals surface area contributed by atoms with Crippen molar-refractivity contribution < 1.29 is 14.4 Å². The van der Waals surface area contributed by atoms with E-state index < -0.39 is 0 Å². The third-order valence-electron chi connectivity index (χ3n) is 5.01. The molecule has 8 heteroatoms. The number of hydrogen-bond acceptors (Lipinski definition) is 5. The molecule has 0 aromatic heterocycles. The second kappa shape index (κ2) is 8.75. The van der Waals surface area contributed by atoms with Gasteiger partial charge in [-0.15, -0.1) is 0 Å². The maximum Gasteiger partial charge on any atom is 0.282 e. The van der Waals surface area contributed by atoms with E-state index in [2.05, 4.69) is 10.2 Å². The first-order valence-corrected chi connectivity index (χ1v) is 10.2. The van der Waals surface area contributed by atoms with Crippen LogP contribution in [-0.2, 0) is 9.59 Å². The standard InChI is InChI=1S/C19H26N4O3S/c1-14-4-3-5-15(2)18(14)20-16(24)12-21-6-8-22(9-7-21)17(25)13-23-10-11-27-19(23)26/h3-5H,6-13H2,1-2H3,(H,20,24). The number of benzene rings is 1. The number of anilines is 1. The normalized spacial score (nSPS) is 18.1. The number of carbonyl (C=O) groups excluding carboxylic acids is 3. The molecule has 0 unspecified atom stereocenters. The van der Waals surface area contributed by atoms with Crippen LogP contribution < -0.4 is 5.32 Å². The Morgan fingerprint density at radius 2 is 1.70 bits per heavy atom. The molecule has 2 heterocycles. The first kappa shape index (κ1) is 19.7. The van der Waals surface area contributed by atoms with Gasteiger partial charge in [-0.05, 0) is 25.0 Å². The van der Waals surface area contributed by atoms with Crippen molar-refractivity contribution in [2.24, 2.45) is 0 Å². The molecular formula is C19H26N4O3S. The molecule has 0 atom stereocenters. The van der Waals surface area contributed by atoms with Crippen LogP contribution in [0.2, 0.25) is 0 Å². The molecule has 2 fully saturated rings. The lowest BCUT2D eigenvalue weighted by atomic mass is 10.1. The summed E-state index contributed by atoms with van der Waals surface area (Å²) in [6.45, 7) is 7.59. The average molecular weight is 391 g/mol. The molecule has 2 aliphatic rings. The molecule has 2 aliphatic heterocycles. The lowest BCUT2D eigenvalue weighted by Crippen LogP contribution is -2.52. The van der Waals surface area contributed by atoms with Crippen molar-refractivity contribution >= 4 is 34.5 Å². The Morgan fingerprint density at radius 3 is 2.30 bits per heavy atom. The quantitative estimate of drug-likeness (QED) is 0.826. The van der Waals surface area contributed by atoms with Crippen LogP contribution in [-0.4, -0.2) is 83.3 Å². The molecule has 1 aromatic rings. The minimum absolute atomic E-state index is 0.00881. The zero-order chi connectivity index (χ0) is 19.4. The van der Waals surface area contributed by atoms with E-state index in [0.717, 1.165) is 22.6 Å². The fraction of sp³-hybridized carbons (Fsp3) is 0.526. The Kier molecular flexibility index (Phi) is 6.38. The molecule has 3 amide bonds. The molecule has 0 aliphatic carbocycles. The second-order valence-electron chi connectivity index (χ2n) is 7.01. The minimum Gasteiger partial charge on any atom is -0.339 e. The van der Waals surface area contributed by atoms with Crippen molar-refractivity contribution in [3.63, 3.8) is 0 Å². The maximum absolute atomic E-state index is 12.4. The van der Waals surface area contributed by atoms with Gasteiger partial charge >= 0.3 is 0 Å². The minimum atomic E-state index is -0.0353. The summed E-state index contributed by atoms with van der Waals surface area (Å²) in [4.78, 5) is 41.8. The summed E-state index contributed by atoms with van der Waals surface area (Å²) in [5.41, 5.74) is 2.98. The third-order valence-corrected chi connectivity index (χ3v) is 5.90. The van der Waals surface area contributed by atoms with Crippen LogP contribution >= 0.6 is 11.8 Å².